The van der Waals surface area contributed by atoms with Gasteiger partial charge in [0.25, 0.3) is 10.0 Å². The van der Waals surface area contributed by atoms with Crippen LogP contribution in [0.2, 0.25) is 0 Å². The van der Waals surface area contributed by atoms with Gasteiger partial charge >= 0.3 is 0 Å². The van der Waals surface area contributed by atoms with Crippen molar-refractivity contribution in [3.8, 4) is 0 Å². The number of sulfonamides is 1. The van der Waals surface area contributed by atoms with Gasteiger partial charge in [0.15, 0.2) is 5.03 Å². The Balaban J connectivity index is 2.27. The molecule has 0 aliphatic heterocycles. The molecule has 98 valence electrons. The first kappa shape index (κ1) is 12.6. The van der Waals surface area contributed by atoms with Gasteiger partial charge in [-0.05, 0) is 6.92 Å². The zero-order valence-corrected chi connectivity index (χ0v) is 10.6. The summed E-state index contributed by atoms with van der Waals surface area (Å²) in [6.45, 7) is 2.67. The van der Waals surface area contributed by atoms with Gasteiger partial charge in [-0.1, -0.05) is 0 Å². The van der Waals surface area contributed by atoms with Crippen molar-refractivity contribution >= 4 is 15.7 Å². The van der Waals surface area contributed by atoms with Crippen molar-refractivity contribution in [2.24, 2.45) is 5.73 Å². The summed E-state index contributed by atoms with van der Waals surface area (Å²) < 4.78 is 28.2. The summed E-state index contributed by atoms with van der Waals surface area (Å²) in [7, 11) is -3.71. The van der Waals surface area contributed by atoms with Crippen LogP contribution >= 0.6 is 0 Å². The molecule has 0 unspecified atom stereocenters. The number of nitrogens with two attached hydrogens (primary N) is 1. The molecule has 0 bridgehead atoms. The zero-order valence-electron chi connectivity index (χ0n) is 9.79. The molecule has 0 saturated heterocycles. The molecule has 0 aliphatic rings. The molecule has 18 heavy (non-hydrogen) atoms. The van der Waals surface area contributed by atoms with Crippen LogP contribution in [-0.2, 0) is 23.1 Å². The first-order valence-corrected chi connectivity index (χ1v) is 6.82. The maximum atomic E-state index is 12.1. The maximum Gasteiger partial charge on any atom is 0.279 e. The van der Waals surface area contributed by atoms with E-state index in [1.165, 1.54) is 12.4 Å². The SMILES string of the molecule is CCn1cc(NS(=O)(=O)c2[nH]ncc2CN)cn1. The lowest BCUT2D eigenvalue weighted by molar-refractivity contribution is 0.596. The summed E-state index contributed by atoms with van der Waals surface area (Å²) in [5.74, 6) is 0. The molecule has 0 amide bonds. The van der Waals surface area contributed by atoms with Gasteiger partial charge in [0, 0.05) is 24.8 Å². The average Bonchev–Trinajstić information content (AvgIpc) is 2.96. The normalized spacial score (nSPS) is 11.7. The molecule has 0 radical (unpaired) electrons. The Kier molecular flexibility index (Phi) is 3.34. The Morgan fingerprint density at radius 3 is 2.89 bits per heavy atom. The number of aromatic amines is 1. The minimum atomic E-state index is -3.71. The predicted molar refractivity (Wildman–Crippen MR) is 65.2 cm³/mol. The molecule has 9 heteroatoms. The summed E-state index contributed by atoms with van der Waals surface area (Å²) in [6.07, 6.45) is 4.44. The molecule has 8 nitrogen and oxygen atoms in total. The number of anilines is 1. The summed E-state index contributed by atoms with van der Waals surface area (Å²) in [6, 6.07) is 0. The van der Waals surface area contributed by atoms with Crippen LogP contribution in [0.3, 0.4) is 0 Å². The fourth-order valence-corrected chi connectivity index (χ4v) is 2.64. The molecule has 0 saturated carbocycles. The van der Waals surface area contributed by atoms with Crippen molar-refractivity contribution in [2.75, 3.05) is 4.72 Å². The fraction of sp³-hybridized carbons (Fsp3) is 0.333. The molecule has 2 aromatic heterocycles. The third-order valence-electron chi connectivity index (χ3n) is 2.38. The van der Waals surface area contributed by atoms with Gasteiger partial charge in [0.2, 0.25) is 0 Å². The third-order valence-corrected chi connectivity index (χ3v) is 3.77. The van der Waals surface area contributed by atoms with Crippen LogP contribution in [0.5, 0.6) is 0 Å². The molecule has 0 aromatic carbocycles. The third kappa shape index (κ3) is 2.36. The second-order valence-corrected chi connectivity index (χ2v) is 5.24. The Morgan fingerprint density at radius 2 is 2.28 bits per heavy atom. The first-order chi connectivity index (χ1) is 8.56. The lowest BCUT2D eigenvalue weighted by atomic mass is 10.4. The summed E-state index contributed by atoms with van der Waals surface area (Å²) in [4.78, 5) is 0. The summed E-state index contributed by atoms with van der Waals surface area (Å²) in [5, 5.41) is 10.1. The lowest BCUT2D eigenvalue weighted by Crippen LogP contribution is -2.15. The second kappa shape index (κ2) is 4.78. The largest absolute Gasteiger partial charge is 0.326 e. The molecule has 2 heterocycles. The van der Waals surface area contributed by atoms with Gasteiger partial charge in [-0.25, -0.2) is 0 Å². The number of aryl methyl sites for hydroxylation is 1. The van der Waals surface area contributed by atoms with E-state index < -0.39 is 10.0 Å². The highest BCUT2D eigenvalue weighted by atomic mass is 32.2. The van der Waals surface area contributed by atoms with E-state index in [2.05, 4.69) is 20.0 Å². The van der Waals surface area contributed by atoms with Gasteiger partial charge < -0.3 is 5.73 Å². The number of hydrogen-bond donors (Lipinski definition) is 3. The van der Waals surface area contributed by atoms with Crippen LogP contribution in [0, 0.1) is 0 Å². The van der Waals surface area contributed by atoms with Crippen molar-refractivity contribution in [2.45, 2.75) is 25.0 Å². The molecule has 2 aromatic rings. The van der Waals surface area contributed by atoms with Gasteiger partial charge in [0.1, 0.15) is 0 Å². The van der Waals surface area contributed by atoms with Crippen LogP contribution < -0.4 is 10.5 Å². The highest BCUT2D eigenvalue weighted by Gasteiger charge is 2.20. The molecule has 0 fully saturated rings. The highest BCUT2D eigenvalue weighted by Crippen LogP contribution is 2.16. The standard InChI is InChI=1S/C9H14N6O2S/c1-2-15-6-8(5-12-15)14-18(16,17)9-7(3-10)4-11-13-9/h4-6,14H,2-3,10H2,1H3,(H,11,13). The Hall–Kier alpha value is -1.87. The van der Waals surface area contributed by atoms with Gasteiger partial charge in [-0.15, -0.1) is 0 Å². The van der Waals surface area contributed by atoms with Gasteiger partial charge in [0.05, 0.1) is 18.1 Å². The van der Waals surface area contributed by atoms with E-state index in [9.17, 15) is 8.42 Å². The maximum absolute atomic E-state index is 12.1. The van der Waals surface area contributed by atoms with Crippen molar-refractivity contribution < 1.29 is 8.42 Å². The van der Waals surface area contributed by atoms with E-state index in [0.717, 1.165) is 0 Å². The Bertz CT molecular complexity index is 629. The molecular weight excluding hydrogens is 256 g/mol. The average molecular weight is 270 g/mol. The van der Waals surface area contributed by atoms with Crippen LogP contribution in [0.4, 0.5) is 5.69 Å². The van der Waals surface area contributed by atoms with Gasteiger partial charge in [-0.3, -0.25) is 14.5 Å². The number of rotatable bonds is 5. The number of nitrogens with one attached hydrogen (secondary N) is 2. The second-order valence-electron chi connectivity index (χ2n) is 3.62. The number of hydrogen-bond acceptors (Lipinski definition) is 5. The molecule has 0 atom stereocenters. The predicted octanol–water partition coefficient (Wildman–Crippen LogP) is -0.114. The molecule has 4 N–H and O–H groups in total. The molecular formula is C9H14N6O2S. The minimum absolute atomic E-state index is 0.0192. The Morgan fingerprint density at radius 1 is 1.50 bits per heavy atom. The Labute approximate surface area is 104 Å². The smallest absolute Gasteiger partial charge is 0.279 e. The summed E-state index contributed by atoms with van der Waals surface area (Å²) in [5.41, 5.74) is 6.28. The topological polar surface area (TPSA) is 119 Å². The van der Waals surface area contributed by atoms with E-state index in [4.69, 9.17) is 5.73 Å². The van der Waals surface area contributed by atoms with Crippen molar-refractivity contribution in [3.05, 3.63) is 24.2 Å². The van der Waals surface area contributed by atoms with Crippen molar-refractivity contribution in [1.29, 1.82) is 0 Å². The summed E-state index contributed by atoms with van der Waals surface area (Å²) >= 11 is 0. The van der Waals surface area contributed by atoms with E-state index >= 15 is 0 Å². The van der Waals surface area contributed by atoms with Gasteiger partial charge in [-0.2, -0.15) is 18.6 Å². The van der Waals surface area contributed by atoms with Crippen LogP contribution in [-0.4, -0.2) is 28.4 Å². The van der Waals surface area contributed by atoms with Crippen LogP contribution in [0.15, 0.2) is 23.6 Å². The first-order valence-electron chi connectivity index (χ1n) is 5.34. The van der Waals surface area contributed by atoms with Crippen LogP contribution in [0.25, 0.3) is 0 Å². The quantitative estimate of drug-likeness (QED) is 0.700. The molecule has 0 aliphatic carbocycles. The van der Waals surface area contributed by atoms with E-state index in [0.29, 0.717) is 17.8 Å². The van der Waals surface area contributed by atoms with Crippen molar-refractivity contribution in [3.63, 3.8) is 0 Å². The number of H-pyrrole nitrogens is 1. The molecule has 2 rings (SSSR count). The monoisotopic (exact) mass is 270 g/mol. The minimum Gasteiger partial charge on any atom is -0.326 e. The highest BCUT2D eigenvalue weighted by molar-refractivity contribution is 7.92. The van der Waals surface area contributed by atoms with E-state index in [-0.39, 0.29) is 11.6 Å². The fourth-order valence-electron chi connectivity index (χ4n) is 1.47. The van der Waals surface area contributed by atoms with Crippen molar-refractivity contribution in [1.82, 2.24) is 20.0 Å². The van der Waals surface area contributed by atoms with E-state index in [1.807, 2.05) is 6.92 Å². The number of aromatic nitrogens is 4. The number of nitrogens with zero attached hydrogens (tertiary/aromatic N) is 3. The molecule has 0 spiro atoms. The van der Waals surface area contributed by atoms with E-state index in [1.54, 1.807) is 10.9 Å². The lowest BCUT2D eigenvalue weighted by Gasteiger charge is -2.04. The zero-order chi connectivity index (χ0) is 13.2. The van der Waals surface area contributed by atoms with Crippen LogP contribution in [0.1, 0.15) is 12.5 Å².